The van der Waals surface area contributed by atoms with Crippen LogP contribution in [0.1, 0.15) is 50.1 Å². The highest BCUT2D eigenvalue weighted by Gasteiger charge is 2.22. The van der Waals surface area contributed by atoms with E-state index in [2.05, 4.69) is 5.32 Å². The van der Waals surface area contributed by atoms with E-state index in [1.807, 2.05) is 18.2 Å². The molecule has 0 aromatic heterocycles. The van der Waals surface area contributed by atoms with E-state index in [0.717, 1.165) is 5.56 Å². The average molecular weight is 293 g/mol. The smallest absolute Gasteiger partial charge is 0.165 e. The highest BCUT2D eigenvalue weighted by Crippen LogP contribution is 2.35. The summed E-state index contributed by atoms with van der Waals surface area (Å²) in [5.41, 5.74) is 0.962. The number of aliphatic hydroxyl groups excluding tert-OH is 1. The molecule has 0 radical (unpaired) electrons. The lowest BCUT2D eigenvalue weighted by Crippen LogP contribution is -2.34. The summed E-state index contributed by atoms with van der Waals surface area (Å²) in [5.74, 6) is 1.41. The van der Waals surface area contributed by atoms with Crippen molar-refractivity contribution < 1.29 is 14.6 Å². The van der Waals surface area contributed by atoms with Gasteiger partial charge in [-0.2, -0.15) is 0 Å². The van der Waals surface area contributed by atoms with Crippen molar-refractivity contribution in [1.82, 2.24) is 5.32 Å². The number of methoxy groups -OCH3 is 2. The maximum absolute atomic E-state index is 9.81. The van der Waals surface area contributed by atoms with Crippen LogP contribution in [0, 0.1) is 0 Å². The van der Waals surface area contributed by atoms with Crippen LogP contribution in [0.3, 0.4) is 0 Å². The van der Waals surface area contributed by atoms with Gasteiger partial charge in [0.15, 0.2) is 11.5 Å². The Bertz CT molecular complexity index is 428. The molecule has 1 atom stereocenters. The topological polar surface area (TPSA) is 50.7 Å². The van der Waals surface area contributed by atoms with E-state index >= 15 is 0 Å². The first-order valence-corrected chi connectivity index (χ1v) is 7.88. The molecule has 0 spiro atoms. The minimum Gasteiger partial charge on any atom is -0.493 e. The summed E-state index contributed by atoms with van der Waals surface area (Å²) in [6.45, 7) is 0.0556. The SMILES string of the molecule is COc1cccc(C(CO)NC2CCCCCC2)c1OC. The Balaban J connectivity index is 2.16. The van der Waals surface area contributed by atoms with Gasteiger partial charge in [0, 0.05) is 11.6 Å². The number of hydrogen-bond donors (Lipinski definition) is 2. The van der Waals surface area contributed by atoms with E-state index in [4.69, 9.17) is 9.47 Å². The third kappa shape index (κ3) is 4.11. The summed E-state index contributed by atoms with van der Waals surface area (Å²) < 4.78 is 10.8. The number of nitrogens with one attached hydrogen (secondary N) is 1. The van der Waals surface area contributed by atoms with E-state index in [1.165, 1.54) is 38.5 Å². The largest absolute Gasteiger partial charge is 0.493 e. The highest BCUT2D eigenvalue weighted by molar-refractivity contribution is 5.48. The Morgan fingerprint density at radius 2 is 1.86 bits per heavy atom. The molecule has 0 bridgehead atoms. The van der Waals surface area contributed by atoms with Crippen molar-refractivity contribution in [2.75, 3.05) is 20.8 Å². The minimum absolute atomic E-state index is 0.0556. The molecule has 21 heavy (non-hydrogen) atoms. The zero-order valence-corrected chi connectivity index (χ0v) is 13.1. The van der Waals surface area contributed by atoms with E-state index in [0.29, 0.717) is 17.5 Å². The van der Waals surface area contributed by atoms with Gasteiger partial charge in [0.1, 0.15) is 0 Å². The maximum Gasteiger partial charge on any atom is 0.165 e. The summed E-state index contributed by atoms with van der Waals surface area (Å²) in [4.78, 5) is 0. The third-order valence-corrected chi connectivity index (χ3v) is 4.28. The molecule has 1 aromatic carbocycles. The predicted molar refractivity (Wildman–Crippen MR) is 84.0 cm³/mol. The van der Waals surface area contributed by atoms with Crippen LogP contribution in [0.25, 0.3) is 0 Å². The second kappa shape index (κ2) is 8.25. The van der Waals surface area contributed by atoms with Crippen molar-refractivity contribution in [3.8, 4) is 11.5 Å². The standard InChI is InChI=1S/C17H27NO3/c1-20-16-11-7-10-14(17(16)21-2)15(12-19)18-13-8-5-3-4-6-9-13/h7,10-11,13,15,18-19H,3-6,8-9,12H2,1-2H3. The van der Waals surface area contributed by atoms with E-state index < -0.39 is 0 Å². The summed E-state index contributed by atoms with van der Waals surface area (Å²) in [7, 11) is 3.27. The number of rotatable bonds is 6. The molecule has 0 aliphatic heterocycles. The molecule has 2 N–H and O–H groups in total. The van der Waals surface area contributed by atoms with Gasteiger partial charge in [-0.1, -0.05) is 37.8 Å². The maximum atomic E-state index is 9.81. The van der Waals surface area contributed by atoms with Gasteiger partial charge in [-0.15, -0.1) is 0 Å². The van der Waals surface area contributed by atoms with Crippen molar-refractivity contribution in [2.24, 2.45) is 0 Å². The molecule has 2 rings (SSSR count). The summed E-state index contributed by atoms with van der Waals surface area (Å²) >= 11 is 0. The molecule has 0 saturated heterocycles. The van der Waals surface area contributed by atoms with Crippen molar-refractivity contribution in [3.05, 3.63) is 23.8 Å². The molecule has 1 fully saturated rings. The summed E-state index contributed by atoms with van der Waals surface area (Å²) in [5, 5.41) is 13.4. The van der Waals surface area contributed by atoms with Gasteiger partial charge in [0.05, 0.1) is 26.9 Å². The second-order valence-corrected chi connectivity index (χ2v) is 5.67. The zero-order valence-electron chi connectivity index (χ0n) is 13.1. The van der Waals surface area contributed by atoms with Gasteiger partial charge >= 0.3 is 0 Å². The van der Waals surface area contributed by atoms with Crippen LogP contribution < -0.4 is 14.8 Å². The lowest BCUT2D eigenvalue weighted by atomic mass is 10.0. The van der Waals surface area contributed by atoms with Crippen LogP contribution in [0.4, 0.5) is 0 Å². The van der Waals surface area contributed by atoms with Gasteiger partial charge < -0.3 is 19.9 Å². The van der Waals surface area contributed by atoms with E-state index in [-0.39, 0.29) is 12.6 Å². The van der Waals surface area contributed by atoms with Crippen LogP contribution in [0.15, 0.2) is 18.2 Å². The predicted octanol–water partition coefficient (Wildman–Crippen LogP) is 3.05. The van der Waals surface area contributed by atoms with Crippen LogP contribution in [-0.2, 0) is 0 Å². The summed E-state index contributed by atoms with van der Waals surface area (Å²) in [6.07, 6.45) is 7.55. The first kappa shape index (κ1) is 16.1. The van der Waals surface area contributed by atoms with Crippen molar-refractivity contribution in [3.63, 3.8) is 0 Å². The number of ether oxygens (including phenoxy) is 2. The Morgan fingerprint density at radius 1 is 1.14 bits per heavy atom. The van der Waals surface area contributed by atoms with Gasteiger partial charge in [0.25, 0.3) is 0 Å². The molecule has 1 saturated carbocycles. The number of benzene rings is 1. The lowest BCUT2D eigenvalue weighted by Gasteiger charge is -2.25. The van der Waals surface area contributed by atoms with Gasteiger partial charge in [-0.25, -0.2) is 0 Å². The molecular weight excluding hydrogens is 266 g/mol. The van der Waals surface area contributed by atoms with E-state index in [9.17, 15) is 5.11 Å². The van der Waals surface area contributed by atoms with Crippen LogP contribution in [0.2, 0.25) is 0 Å². The molecule has 0 amide bonds. The molecule has 1 aliphatic rings. The summed E-state index contributed by atoms with van der Waals surface area (Å²) in [6, 6.07) is 6.17. The molecule has 1 aromatic rings. The van der Waals surface area contributed by atoms with Crippen LogP contribution in [-0.4, -0.2) is 32.0 Å². The average Bonchev–Trinajstić information content (AvgIpc) is 2.80. The number of hydrogen-bond acceptors (Lipinski definition) is 4. The fourth-order valence-corrected chi connectivity index (χ4v) is 3.16. The number of aliphatic hydroxyl groups is 1. The minimum atomic E-state index is -0.113. The van der Waals surface area contributed by atoms with Crippen LogP contribution in [0.5, 0.6) is 11.5 Å². The lowest BCUT2D eigenvalue weighted by molar-refractivity contribution is 0.224. The van der Waals surface area contributed by atoms with Crippen molar-refractivity contribution in [2.45, 2.75) is 50.6 Å². The monoisotopic (exact) mass is 293 g/mol. The second-order valence-electron chi connectivity index (χ2n) is 5.67. The Hall–Kier alpha value is -1.26. The number of para-hydroxylation sites is 1. The molecule has 118 valence electrons. The molecule has 1 aliphatic carbocycles. The fraction of sp³-hybridized carbons (Fsp3) is 0.647. The van der Waals surface area contributed by atoms with Crippen LogP contribution >= 0.6 is 0 Å². The molecule has 4 heteroatoms. The molecule has 1 unspecified atom stereocenters. The molecule has 0 heterocycles. The fourth-order valence-electron chi connectivity index (χ4n) is 3.16. The van der Waals surface area contributed by atoms with Crippen molar-refractivity contribution in [1.29, 1.82) is 0 Å². The van der Waals surface area contributed by atoms with E-state index in [1.54, 1.807) is 14.2 Å². The van der Waals surface area contributed by atoms with Gasteiger partial charge in [-0.3, -0.25) is 0 Å². The van der Waals surface area contributed by atoms with Gasteiger partial charge in [0.2, 0.25) is 0 Å². The highest BCUT2D eigenvalue weighted by atomic mass is 16.5. The quantitative estimate of drug-likeness (QED) is 0.792. The normalized spacial score (nSPS) is 18.0. The molecule has 4 nitrogen and oxygen atoms in total. The Labute approximate surface area is 127 Å². The Morgan fingerprint density at radius 3 is 2.43 bits per heavy atom. The first-order valence-electron chi connectivity index (χ1n) is 7.88. The first-order chi connectivity index (χ1) is 10.3. The van der Waals surface area contributed by atoms with Crippen molar-refractivity contribution >= 4 is 0 Å². The zero-order chi connectivity index (χ0) is 15.1. The molecular formula is C17H27NO3. The Kier molecular flexibility index (Phi) is 6.33. The third-order valence-electron chi connectivity index (χ3n) is 4.28. The van der Waals surface area contributed by atoms with Gasteiger partial charge in [-0.05, 0) is 18.9 Å².